The van der Waals surface area contributed by atoms with Crippen molar-refractivity contribution in [2.24, 2.45) is 5.73 Å². The Morgan fingerprint density at radius 2 is 1.97 bits per heavy atom. The molecule has 8 nitrogen and oxygen atoms in total. The number of nitrogens with one attached hydrogen (secondary N) is 2. The van der Waals surface area contributed by atoms with E-state index in [-0.39, 0.29) is 36.0 Å². The number of nitrogens with zero attached hydrogens (tertiary/aromatic N) is 2. The van der Waals surface area contributed by atoms with E-state index in [4.69, 9.17) is 28.9 Å². The number of likely N-dealkylation sites (tertiary alicyclic amines) is 1. The number of aromatic nitrogens is 1. The maximum atomic E-state index is 13.1. The lowest BCUT2D eigenvalue weighted by atomic mass is 9.93. The molecule has 3 heterocycles. The topological polar surface area (TPSA) is 112 Å². The van der Waals surface area contributed by atoms with Crippen LogP contribution in [0.4, 0.5) is 5.69 Å². The fourth-order valence-electron chi connectivity index (χ4n) is 5.21. The smallest absolute Gasteiger partial charge is 0.256 e. The van der Waals surface area contributed by atoms with Gasteiger partial charge in [-0.05, 0) is 61.2 Å². The molecule has 0 radical (unpaired) electrons. The molecule has 0 saturated carbocycles. The van der Waals surface area contributed by atoms with Gasteiger partial charge in [0, 0.05) is 58.4 Å². The lowest BCUT2D eigenvalue weighted by molar-refractivity contribution is -0.131. The fourth-order valence-corrected chi connectivity index (χ4v) is 5.90. The van der Waals surface area contributed by atoms with Crippen molar-refractivity contribution < 1.29 is 9.59 Å². The summed E-state index contributed by atoms with van der Waals surface area (Å²) in [6.45, 7) is 3.65. The first kappa shape index (κ1) is 24.6. The monoisotopic (exact) mass is 527 g/mol. The Labute approximate surface area is 218 Å². The van der Waals surface area contributed by atoms with Crippen LogP contribution in [0.5, 0.6) is 0 Å². The van der Waals surface area contributed by atoms with E-state index in [2.05, 4.69) is 10.3 Å². The zero-order valence-corrected chi connectivity index (χ0v) is 21.3. The third-order valence-electron chi connectivity index (χ3n) is 7.10. The van der Waals surface area contributed by atoms with Gasteiger partial charge in [-0.3, -0.25) is 14.4 Å². The van der Waals surface area contributed by atoms with Gasteiger partial charge >= 0.3 is 0 Å². The fraction of sp³-hybridized carbons (Fsp3) is 0.346. The summed E-state index contributed by atoms with van der Waals surface area (Å²) in [5, 5.41) is 5.26. The van der Waals surface area contributed by atoms with E-state index in [1.54, 1.807) is 34.1 Å². The van der Waals surface area contributed by atoms with Crippen molar-refractivity contribution in [2.75, 3.05) is 31.5 Å². The molecule has 2 aliphatic rings. The number of fused-ring (bicyclic) bond motifs is 2. The number of pyridine rings is 1. The number of nitrogens with two attached hydrogens (primary N) is 1. The van der Waals surface area contributed by atoms with E-state index in [0.29, 0.717) is 58.1 Å². The molecule has 2 aliphatic heterocycles. The SMILES string of the molecule is CC1c2c(Cl)cc(Cl)cc2CCN1C(=O)CNc1ccc2c(=O)[nH]cc(C(=O)N3CC[C@H](N)C3)c2c1. The number of H-pyrrole nitrogens is 1. The van der Waals surface area contributed by atoms with Crippen LogP contribution in [0.3, 0.4) is 0 Å². The van der Waals surface area contributed by atoms with Gasteiger partial charge in [0.25, 0.3) is 11.5 Å². The van der Waals surface area contributed by atoms with Crippen LogP contribution in [0.15, 0.2) is 41.3 Å². The zero-order valence-electron chi connectivity index (χ0n) is 19.8. The van der Waals surface area contributed by atoms with Crippen LogP contribution >= 0.6 is 23.2 Å². The minimum atomic E-state index is -0.278. The van der Waals surface area contributed by atoms with Gasteiger partial charge in [-0.2, -0.15) is 0 Å². The Morgan fingerprint density at radius 3 is 2.72 bits per heavy atom. The maximum Gasteiger partial charge on any atom is 0.256 e. The second-order valence-corrected chi connectivity index (χ2v) is 10.3. The van der Waals surface area contributed by atoms with E-state index < -0.39 is 0 Å². The molecule has 0 aliphatic carbocycles. The Morgan fingerprint density at radius 1 is 1.17 bits per heavy atom. The number of halogens is 2. The van der Waals surface area contributed by atoms with Crippen molar-refractivity contribution in [2.45, 2.75) is 31.8 Å². The molecule has 2 amide bonds. The number of carbonyl (C=O) groups is 2. The third-order valence-corrected chi connectivity index (χ3v) is 7.63. The minimum Gasteiger partial charge on any atom is -0.376 e. The highest BCUT2D eigenvalue weighted by molar-refractivity contribution is 6.35. The maximum absolute atomic E-state index is 13.1. The zero-order chi connectivity index (χ0) is 25.6. The van der Waals surface area contributed by atoms with Gasteiger partial charge in [0.15, 0.2) is 0 Å². The third kappa shape index (κ3) is 4.56. The molecule has 0 bridgehead atoms. The number of aromatic amines is 1. The van der Waals surface area contributed by atoms with Crippen LogP contribution in [-0.2, 0) is 11.2 Å². The van der Waals surface area contributed by atoms with Gasteiger partial charge in [-0.1, -0.05) is 23.2 Å². The standard InChI is InChI=1S/C26H27Cl2N5O3/c1-14-24-15(8-16(27)9-22(24)28)4-7-33(14)23(34)12-30-18-2-3-19-20(10-18)21(11-31-25(19)35)26(36)32-6-5-17(29)13-32/h2-3,8-11,14,17,30H,4-7,12-13,29H2,1H3,(H,31,35)/t14?,17-/m0/s1. The largest absolute Gasteiger partial charge is 0.376 e. The lowest BCUT2D eigenvalue weighted by Gasteiger charge is -2.36. The van der Waals surface area contributed by atoms with Gasteiger partial charge in [-0.15, -0.1) is 0 Å². The molecular formula is C26H27Cl2N5O3. The first-order valence-corrected chi connectivity index (χ1v) is 12.7. The highest BCUT2D eigenvalue weighted by Crippen LogP contribution is 2.37. The highest BCUT2D eigenvalue weighted by Gasteiger charge is 2.30. The summed E-state index contributed by atoms with van der Waals surface area (Å²) in [5.74, 6) is -0.247. The first-order chi connectivity index (χ1) is 17.2. The van der Waals surface area contributed by atoms with Crippen molar-refractivity contribution >= 4 is 51.5 Å². The number of benzene rings is 2. The number of hydrogen-bond acceptors (Lipinski definition) is 5. The summed E-state index contributed by atoms with van der Waals surface area (Å²) in [7, 11) is 0. The quantitative estimate of drug-likeness (QED) is 0.480. The van der Waals surface area contributed by atoms with Crippen LogP contribution in [0.2, 0.25) is 10.0 Å². The van der Waals surface area contributed by atoms with Crippen molar-refractivity contribution in [3.63, 3.8) is 0 Å². The molecule has 5 rings (SSSR count). The molecule has 3 aromatic rings. The summed E-state index contributed by atoms with van der Waals surface area (Å²) >= 11 is 12.6. The Hall–Kier alpha value is -3.07. The van der Waals surface area contributed by atoms with E-state index in [9.17, 15) is 14.4 Å². The molecule has 2 aromatic carbocycles. The van der Waals surface area contributed by atoms with E-state index in [0.717, 1.165) is 17.5 Å². The van der Waals surface area contributed by atoms with E-state index in [1.807, 2.05) is 13.0 Å². The molecule has 1 saturated heterocycles. The van der Waals surface area contributed by atoms with E-state index in [1.165, 1.54) is 6.20 Å². The van der Waals surface area contributed by atoms with Crippen LogP contribution in [0, 0.1) is 0 Å². The predicted octanol–water partition coefficient (Wildman–Crippen LogP) is 3.57. The van der Waals surface area contributed by atoms with Gasteiger partial charge in [-0.25, -0.2) is 0 Å². The number of rotatable bonds is 4. The number of amides is 2. The second-order valence-electron chi connectivity index (χ2n) is 9.42. The first-order valence-electron chi connectivity index (χ1n) is 11.9. The lowest BCUT2D eigenvalue weighted by Crippen LogP contribution is -2.41. The molecule has 4 N–H and O–H groups in total. The minimum absolute atomic E-state index is 0.0396. The van der Waals surface area contributed by atoms with Crippen LogP contribution in [-0.4, -0.2) is 58.8 Å². The Balaban J connectivity index is 1.35. The summed E-state index contributed by atoms with van der Waals surface area (Å²) in [6, 6.07) is 8.53. The van der Waals surface area contributed by atoms with Crippen LogP contribution in [0.1, 0.15) is 40.9 Å². The van der Waals surface area contributed by atoms with Crippen LogP contribution < -0.4 is 16.6 Å². The molecular weight excluding hydrogens is 501 g/mol. The average molecular weight is 528 g/mol. The molecule has 10 heteroatoms. The Kier molecular flexibility index (Phi) is 6.68. The highest BCUT2D eigenvalue weighted by atomic mass is 35.5. The molecule has 1 fully saturated rings. The average Bonchev–Trinajstić information content (AvgIpc) is 3.28. The van der Waals surface area contributed by atoms with Crippen molar-refractivity contribution in [3.05, 3.63) is 73.6 Å². The molecule has 36 heavy (non-hydrogen) atoms. The van der Waals surface area contributed by atoms with Crippen molar-refractivity contribution in [1.82, 2.24) is 14.8 Å². The van der Waals surface area contributed by atoms with Crippen molar-refractivity contribution in [3.8, 4) is 0 Å². The predicted molar refractivity (Wildman–Crippen MR) is 142 cm³/mol. The normalized spacial score (nSPS) is 19.4. The summed E-state index contributed by atoms with van der Waals surface area (Å²) < 4.78 is 0. The van der Waals surface area contributed by atoms with Gasteiger partial charge in [0.1, 0.15) is 0 Å². The molecule has 1 unspecified atom stereocenters. The second kappa shape index (κ2) is 9.76. The molecule has 0 spiro atoms. The summed E-state index contributed by atoms with van der Waals surface area (Å²) in [5.41, 5.74) is 8.73. The number of carbonyl (C=O) groups excluding carboxylic acids is 2. The van der Waals surface area contributed by atoms with Gasteiger partial charge in [0.05, 0.1) is 18.2 Å². The summed E-state index contributed by atoms with van der Waals surface area (Å²) in [6.07, 6.45) is 2.88. The van der Waals surface area contributed by atoms with Crippen LogP contribution in [0.25, 0.3) is 10.8 Å². The molecule has 1 aromatic heterocycles. The van der Waals surface area contributed by atoms with Crippen molar-refractivity contribution in [1.29, 1.82) is 0 Å². The Bertz CT molecular complexity index is 1420. The van der Waals surface area contributed by atoms with Gasteiger partial charge in [0.2, 0.25) is 5.91 Å². The molecule has 188 valence electrons. The summed E-state index contributed by atoms with van der Waals surface area (Å²) in [4.78, 5) is 44.8. The number of anilines is 1. The van der Waals surface area contributed by atoms with E-state index >= 15 is 0 Å². The number of hydrogen-bond donors (Lipinski definition) is 3. The molecule has 2 atom stereocenters. The van der Waals surface area contributed by atoms with Gasteiger partial charge < -0.3 is 25.8 Å².